The summed E-state index contributed by atoms with van der Waals surface area (Å²) in [4.78, 5) is 14.3. The molecule has 1 aromatic heterocycles. The minimum absolute atomic E-state index is 0.0564. The van der Waals surface area contributed by atoms with Gasteiger partial charge in [0.1, 0.15) is 11.6 Å². The topological polar surface area (TPSA) is 58.1 Å². The first-order valence-corrected chi connectivity index (χ1v) is 8.23. The third-order valence-corrected chi connectivity index (χ3v) is 4.21. The Kier molecular flexibility index (Phi) is 5.03. The lowest BCUT2D eigenvalue weighted by Crippen LogP contribution is -2.39. The monoisotopic (exact) mass is 328 g/mol. The van der Waals surface area contributed by atoms with Crippen LogP contribution in [0.1, 0.15) is 35.8 Å². The number of aromatic nitrogens is 2. The Labute approximate surface area is 140 Å². The zero-order chi connectivity index (χ0) is 16.9. The van der Waals surface area contributed by atoms with E-state index in [1.54, 1.807) is 24.3 Å². The number of nitrogens with zero attached hydrogens (tertiary/aromatic N) is 3. The second-order valence-corrected chi connectivity index (χ2v) is 6.28. The fourth-order valence-corrected chi connectivity index (χ4v) is 2.87. The maximum absolute atomic E-state index is 12.9. The van der Waals surface area contributed by atoms with Crippen LogP contribution in [0.5, 0.6) is 0 Å². The van der Waals surface area contributed by atoms with Gasteiger partial charge in [-0.05, 0) is 48.6 Å². The molecule has 1 amide bonds. The van der Waals surface area contributed by atoms with Gasteiger partial charge in [0.2, 0.25) is 0 Å². The van der Waals surface area contributed by atoms with Gasteiger partial charge in [-0.1, -0.05) is 19.1 Å². The van der Waals surface area contributed by atoms with Gasteiger partial charge in [0.05, 0.1) is 0 Å². The van der Waals surface area contributed by atoms with Crippen molar-refractivity contribution in [3.63, 3.8) is 0 Å². The van der Waals surface area contributed by atoms with Crippen LogP contribution in [0.4, 0.5) is 10.2 Å². The molecule has 0 spiro atoms. The summed E-state index contributed by atoms with van der Waals surface area (Å²) in [6, 6.07) is 9.71. The van der Waals surface area contributed by atoms with Gasteiger partial charge in [-0.3, -0.25) is 4.79 Å². The Morgan fingerprint density at radius 1 is 1.25 bits per heavy atom. The molecule has 3 rings (SSSR count). The molecule has 24 heavy (non-hydrogen) atoms. The van der Waals surface area contributed by atoms with Crippen molar-refractivity contribution in [3.05, 3.63) is 53.5 Å². The van der Waals surface area contributed by atoms with Crippen LogP contribution in [0.3, 0.4) is 0 Å². The van der Waals surface area contributed by atoms with Crippen LogP contribution >= 0.6 is 0 Å². The first-order chi connectivity index (χ1) is 11.6. The van der Waals surface area contributed by atoms with Crippen LogP contribution in [-0.2, 0) is 6.54 Å². The third-order valence-electron chi connectivity index (χ3n) is 4.21. The van der Waals surface area contributed by atoms with Gasteiger partial charge in [-0.2, -0.15) is 0 Å². The molecule has 1 fully saturated rings. The number of carbonyl (C=O) groups excluding carboxylic acids is 1. The van der Waals surface area contributed by atoms with Gasteiger partial charge in [0, 0.05) is 19.6 Å². The van der Waals surface area contributed by atoms with Crippen molar-refractivity contribution in [2.45, 2.75) is 26.3 Å². The van der Waals surface area contributed by atoms with E-state index in [1.165, 1.54) is 18.6 Å². The number of amides is 1. The van der Waals surface area contributed by atoms with E-state index in [4.69, 9.17) is 0 Å². The van der Waals surface area contributed by atoms with Crippen molar-refractivity contribution in [2.24, 2.45) is 5.92 Å². The van der Waals surface area contributed by atoms with Gasteiger partial charge in [0.25, 0.3) is 5.91 Å². The van der Waals surface area contributed by atoms with Crippen molar-refractivity contribution in [3.8, 4) is 0 Å². The number of piperidine rings is 1. The van der Waals surface area contributed by atoms with E-state index in [0.29, 0.717) is 24.0 Å². The van der Waals surface area contributed by atoms with Gasteiger partial charge in [0.15, 0.2) is 5.69 Å². The molecule has 1 N–H and O–H groups in total. The summed E-state index contributed by atoms with van der Waals surface area (Å²) in [7, 11) is 0. The lowest BCUT2D eigenvalue weighted by molar-refractivity contribution is 0.0676. The molecule has 2 heterocycles. The maximum Gasteiger partial charge on any atom is 0.274 e. The van der Waals surface area contributed by atoms with Crippen LogP contribution in [0.15, 0.2) is 36.4 Å². The summed E-state index contributed by atoms with van der Waals surface area (Å²) in [5, 5.41) is 11.2. The molecule has 1 aliphatic heterocycles. The molecule has 0 aliphatic carbocycles. The SMILES string of the molecule is CC1CCCN(C(=O)c2ccc(NCc3ccc(F)cc3)nn2)C1. The number of hydrogen-bond acceptors (Lipinski definition) is 4. The Hall–Kier alpha value is -2.50. The van der Waals surface area contributed by atoms with Crippen LogP contribution in [-0.4, -0.2) is 34.1 Å². The van der Waals surface area contributed by atoms with E-state index < -0.39 is 0 Å². The number of likely N-dealkylation sites (tertiary alicyclic amines) is 1. The number of halogens is 1. The first-order valence-electron chi connectivity index (χ1n) is 8.23. The van der Waals surface area contributed by atoms with E-state index in [9.17, 15) is 9.18 Å². The predicted octanol–water partition coefficient (Wildman–Crippen LogP) is 3.10. The highest BCUT2D eigenvalue weighted by Gasteiger charge is 2.23. The molecule has 5 nitrogen and oxygen atoms in total. The molecule has 1 aromatic carbocycles. The van der Waals surface area contributed by atoms with E-state index in [1.807, 2.05) is 4.90 Å². The molecular weight excluding hydrogens is 307 g/mol. The fourth-order valence-electron chi connectivity index (χ4n) is 2.87. The molecule has 126 valence electrons. The normalized spacial score (nSPS) is 17.6. The van der Waals surface area contributed by atoms with Gasteiger partial charge in [-0.25, -0.2) is 4.39 Å². The van der Waals surface area contributed by atoms with Crippen molar-refractivity contribution >= 4 is 11.7 Å². The Balaban J connectivity index is 1.58. The van der Waals surface area contributed by atoms with E-state index in [0.717, 1.165) is 25.1 Å². The van der Waals surface area contributed by atoms with Gasteiger partial charge in [-0.15, -0.1) is 10.2 Å². The standard InChI is InChI=1S/C18H21FN4O/c1-13-3-2-10-23(12-13)18(24)16-8-9-17(22-21-16)20-11-14-4-6-15(19)7-5-14/h4-9,13H,2-3,10-12H2,1H3,(H,20,22). The highest BCUT2D eigenvalue weighted by molar-refractivity contribution is 5.92. The number of benzene rings is 1. The number of carbonyl (C=O) groups is 1. The molecule has 2 aromatic rings. The Bertz CT molecular complexity index is 687. The number of anilines is 1. The molecule has 1 saturated heterocycles. The van der Waals surface area contributed by atoms with E-state index >= 15 is 0 Å². The van der Waals surface area contributed by atoms with Crippen molar-refractivity contribution in [1.29, 1.82) is 0 Å². The van der Waals surface area contributed by atoms with Crippen LogP contribution < -0.4 is 5.32 Å². The smallest absolute Gasteiger partial charge is 0.274 e. The average molecular weight is 328 g/mol. The highest BCUT2D eigenvalue weighted by Crippen LogP contribution is 2.17. The lowest BCUT2D eigenvalue weighted by Gasteiger charge is -2.30. The summed E-state index contributed by atoms with van der Waals surface area (Å²) in [5.74, 6) is 0.808. The summed E-state index contributed by atoms with van der Waals surface area (Å²) in [6.45, 7) is 4.25. The summed E-state index contributed by atoms with van der Waals surface area (Å²) in [6.07, 6.45) is 2.21. The quantitative estimate of drug-likeness (QED) is 0.937. The second kappa shape index (κ2) is 7.38. The molecule has 1 atom stereocenters. The first kappa shape index (κ1) is 16.4. The zero-order valence-corrected chi connectivity index (χ0v) is 13.7. The minimum atomic E-state index is -0.256. The molecule has 1 unspecified atom stereocenters. The maximum atomic E-state index is 12.9. The van der Waals surface area contributed by atoms with Gasteiger partial charge < -0.3 is 10.2 Å². The van der Waals surface area contributed by atoms with Crippen LogP contribution in [0.2, 0.25) is 0 Å². The lowest BCUT2D eigenvalue weighted by atomic mass is 10.00. The minimum Gasteiger partial charge on any atom is -0.365 e. The molecule has 6 heteroatoms. The summed E-state index contributed by atoms with van der Waals surface area (Å²) in [5.41, 5.74) is 1.32. The largest absolute Gasteiger partial charge is 0.365 e. The number of hydrogen-bond donors (Lipinski definition) is 1. The molecular formula is C18H21FN4O. The molecule has 1 aliphatic rings. The molecule has 0 saturated carbocycles. The summed E-state index contributed by atoms with van der Waals surface area (Å²) < 4.78 is 12.9. The van der Waals surface area contributed by atoms with Gasteiger partial charge >= 0.3 is 0 Å². The average Bonchev–Trinajstić information content (AvgIpc) is 2.61. The zero-order valence-electron chi connectivity index (χ0n) is 13.7. The third kappa shape index (κ3) is 4.07. The number of nitrogens with one attached hydrogen (secondary N) is 1. The van der Waals surface area contributed by atoms with Crippen molar-refractivity contribution in [2.75, 3.05) is 18.4 Å². The number of rotatable bonds is 4. The molecule has 0 radical (unpaired) electrons. The Morgan fingerprint density at radius 2 is 2.04 bits per heavy atom. The Morgan fingerprint density at radius 3 is 2.71 bits per heavy atom. The second-order valence-electron chi connectivity index (χ2n) is 6.28. The molecule has 0 bridgehead atoms. The van der Waals surface area contributed by atoms with Crippen LogP contribution in [0.25, 0.3) is 0 Å². The fraction of sp³-hybridized carbons (Fsp3) is 0.389. The van der Waals surface area contributed by atoms with E-state index in [2.05, 4.69) is 22.4 Å². The van der Waals surface area contributed by atoms with E-state index in [-0.39, 0.29) is 11.7 Å². The summed E-state index contributed by atoms with van der Waals surface area (Å²) >= 11 is 0. The predicted molar refractivity (Wildman–Crippen MR) is 90.1 cm³/mol. The highest BCUT2D eigenvalue weighted by atomic mass is 19.1. The van der Waals surface area contributed by atoms with Crippen LogP contribution in [0, 0.1) is 11.7 Å². The van der Waals surface area contributed by atoms with Crippen molar-refractivity contribution in [1.82, 2.24) is 15.1 Å². The van der Waals surface area contributed by atoms with Crippen molar-refractivity contribution < 1.29 is 9.18 Å².